The molecule has 7 heteroatoms. The van der Waals surface area contributed by atoms with E-state index in [-0.39, 0.29) is 18.1 Å². The molecule has 1 aliphatic carbocycles. The number of nitrogens with one attached hydrogen (secondary N) is 1. The molecule has 2 unspecified atom stereocenters. The number of H-pyrrole nitrogens is 1. The number of hydrogen-bond donors (Lipinski definition) is 1. The first-order valence-corrected chi connectivity index (χ1v) is 11.7. The van der Waals surface area contributed by atoms with Crippen molar-refractivity contribution in [3.05, 3.63) is 95.7 Å². The summed E-state index contributed by atoms with van der Waals surface area (Å²) in [6.07, 6.45) is 5.12. The van der Waals surface area contributed by atoms with Gasteiger partial charge < -0.3 is 9.47 Å². The van der Waals surface area contributed by atoms with Crippen LogP contribution in [0.2, 0.25) is 0 Å². The Hall–Kier alpha value is -4.00. The molecule has 2 aromatic carbocycles. The Balaban J connectivity index is 2.06. The number of carbonyl (C=O) groups is 3. The van der Waals surface area contributed by atoms with E-state index in [1.165, 1.54) is 19.2 Å². The first kappa shape index (κ1) is 24.1. The predicted molar refractivity (Wildman–Crippen MR) is 129 cm³/mol. The van der Waals surface area contributed by atoms with Gasteiger partial charge in [0.25, 0.3) is 0 Å². The summed E-state index contributed by atoms with van der Waals surface area (Å²) in [6.45, 7) is 3.34. The standard InChI is InChI=1S/C28H28N2O5/c1-3-4-11-21-18-28(35-20(2)31,23-14-9-6-10-15-23)27(19-24(21)32,22-12-7-5-8-13-22)26(33)34-25-16-17-29-30-25/h5-10,12-18H,3-4,11,19H2,1-2H3,(H,29,30). The number of nitrogens with zero attached hydrogens (tertiary/aromatic N) is 1. The maximum Gasteiger partial charge on any atom is 0.328 e. The fraction of sp³-hybridized carbons (Fsp3) is 0.286. The van der Waals surface area contributed by atoms with Crippen LogP contribution >= 0.6 is 0 Å². The lowest BCUT2D eigenvalue weighted by molar-refractivity contribution is -0.173. The minimum Gasteiger partial charge on any atom is -0.448 e. The largest absolute Gasteiger partial charge is 0.448 e. The summed E-state index contributed by atoms with van der Waals surface area (Å²) >= 11 is 0. The number of ketones is 1. The van der Waals surface area contributed by atoms with Crippen molar-refractivity contribution in [3.63, 3.8) is 0 Å². The number of aromatic nitrogens is 2. The molecule has 4 rings (SSSR count). The first-order valence-electron chi connectivity index (χ1n) is 11.7. The van der Waals surface area contributed by atoms with Crippen LogP contribution in [-0.2, 0) is 30.1 Å². The Morgan fingerprint density at radius 3 is 2.23 bits per heavy atom. The van der Waals surface area contributed by atoms with Crippen molar-refractivity contribution in [2.75, 3.05) is 0 Å². The molecule has 35 heavy (non-hydrogen) atoms. The van der Waals surface area contributed by atoms with E-state index < -0.39 is 23.0 Å². The van der Waals surface area contributed by atoms with Crippen molar-refractivity contribution in [1.29, 1.82) is 0 Å². The lowest BCUT2D eigenvalue weighted by atomic mass is 9.57. The molecule has 180 valence electrons. The second-order valence-electron chi connectivity index (χ2n) is 8.65. The molecule has 1 heterocycles. The molecule has 1 aromatic heterocycles. The maximum atomic E-state index is 14.2. The Morgan fingerprint density at radius 1 is 1.00 bits per heavy atom. The molecule has 0 radical (unpaired) electrons. The normalized spacial score (nSPS) is 21.8. The number of carbonyl (C=O) groups excluding carboxylic acids is 3. The highest BCUT2D eigenvalue weighted by Crippen LogP contribution is 2.53. The topological polar surface area (TPSA) is 98.3 Å². The Morgan fingerprint density at radius 2 is 1.66 bits per heavy atom. The minimum atomic E-state index is -1.68. The second kappa shape index (κ2) is 10.1. The Bertz CT molecular complexity index is 1220. The number of Topliss-reactive ketones (excluding diaryl/α,β-unsaturated/α-hetero) is 1. The number of benzene rings is 2. The van der Waals surface area contributed by atoms with Crippen LogP contribution in [0.5, 0.6) is 5.88 Å². The molecule has 0 spiro atoms. The van der Waals surface area contributed by atoms with E-state index in [0.717, 1.165) is 12.8 Å². The molecule has 0 aliphatic heterocycles. The van der Waals surface area contributed by atoms with Crippen molar-refractivity contribution in [3.8, 4) is 5.88 Å². The van der Waals surface area contributed by atoms with E-state index in [0.29, 0.717) is 23.1 Å². The van der Waals surface area contributed by atoms with Crippen molar-refractivity contribution in [1.82, 2.24) is 10.2 Å². The van der Waals surface area contributed by atoms with Crippen LogP contribution in [0, 0.1) is 0 Å². The minimum absolute atomic E-state index is 0.128. The Labute approximate surface area is 204 Å². The molecule has 1 N–H and O–H groups in total. The zero-order valence-electron chi connectivity index (χ0n) is 19.8. The zero-order chi connectivity index (χ0) is 24.9. The molecule has 3 aromatic rings. The highest BCUT2D eigenvalue weighted by atomic mass is 16.6. The van der Waals surface area contributed by atoms with Crippen LogP contribution in [-0.4, -0.2) is 27.9 Å². The Kier molecular flexibility index (Phi) is 6.96. The smallest absolute Gasteiger partial charge is 0.328 e. The molecule has 0 fully saturated rings. The first-order chi connectivity index (χ1) is 16.9. The van der Waals surface area contributed by atoms with Gasteiger partial charge in [0.15, 0.2) is 11.4 Å². The predicted octanol–water partition coefficient (Wildman–Crippen LogP) is 4.80. The summed E-state index contributed by atoms with van der Waals surface area (Å²) in [5, 5.41) is 6.48. The number of unbranched alkanes of at least 4 members (excludes halogenated alkanes) is 1. The van der Waals surface area contributed by atoms with Crippen LogP contribution in [0.3, 0.4) is 0 Å². The van der Waals surface area contributed by atoms with Gasteiger partial charge in [0, 0.05) is 25.0 Å². The van der Waals surface area contributed by atoms with Gasteiger partial charge in [0.2, 0.25) is 5.88 Å². The summed E-state index contributed by atoms with van der Waals surface area (Å²) in [4.78, 5) is 40.4. The van der Waals surface area contributed by atoms with Gasteiger partial charge in [-0.05, 0) is 30.1 Å². The molecular weight excluding hydrogens is 444 g/mol. The van der Waals surface area contributed by atoms with E-state index in [1.807, 2.05) is 31.2 Å². The number of aromatic amines is 1. The molecule has 1 aliphatic rings. The second-order valence-corrected chi connectivity index (χ2v) is 8.65. The average molecular weight is 473 g/mol. The summed E-state index contributed by atoms with van der Waals surface area (Å²) < 4.78 is 11.9. The SMILES string of the molecule is CCCCC1=CC(OC(C)=O)(c2ccccc2)C(C(=O)Oc2ccn[nH]2)(c2ccccc2)CC1=O. The monoisotopic (exact) mass is 472 g/mol. The van der Waals surface area contributed by atoms with E-state index in [1.54, 1.807) is 42.5 Å². The molecule has 0 amide bonds. The highest BCUT2D eigenvalue weighted by Gasteiger charge is 2.64. The molecule has 0 bridgehead atoms. The quantitative estimate of drug-likeness (QED) is 0.473. The van der Waals surface area contributed by atoms with Crippen molar-refractivity contribution >= 4 is 17.7 Å². The molecule has 0 saturated carbocycles. The summed E-state index contributed by atoms with van der Waals surface area (Å²) in [6, 6.07) is 19.5. The third kappa shape index (κ3) is 4.41. The van der Waals surface area contributed by atoms with Crippen LogP contribution in [0.4, 0.5) is 0 Å². The molecule has 2 atom stereocenters. The van der Waals surface area contributed by atoms with Crippen molar-refractivity contribution in [2.24, 2.45) is 0 Å². The molecule has 7 nitrogen and oxygen atoms in total. The molecular formula is C28H28N2O5. The van der Waals surface area contributed by atoms with Gasteiger partial charge >= 0.3 is 11.9 Å². The van der Waals surface area contributed by atoms with Gasteiger partial charge in [-0.3, -0.25) is 14.4 Å². The number of esters is 2. The zero-order valence-corrected chi connectivity index (χ0v) is 19.8. The van der Waals surface area contributed by atoms with Crippen LogP contribution in [0.1, 0.15) is 50.7 Å². The van der Waals surface area contributed by atoms with Gasteiger partial charge in [-0.1, -0.05) is 74.0 Å². The van der Waals surface area contributed by atoms with E-state index in [4.69, 9.17) is 9.47 Å². The van der Waals surface area contributed by atoms with Crippen LogP contribution < -0.4 is 4.74 Å². The number of ether oxygens (including phenoxy) is 2. The van der Waals surface area contributed by atoms with Crippen LogP contribution in [0.15, 0.2) is 84.6 Å². The lowest BCUT2D eigenvalue weighted by Gasteiger charge is -2.49. The van der Waals surface area contributed by atoms with E-state index >= 15 is 0 Å². The number of rotatable bonds is 8. The van der Waals surface area contributed by atoms with Gasteiger partial charge in [-0.15, -0.1) is 0 Å². The third-order valence-corrected chi connectivity index (χ3v) is 6.40. The van der Waals surface area contributed by atoms with Crippen molar-refractivity contribution in [2.45, 2.75) is 50.5 Å². The van der Waals surface area contributed by atoms with Gasteiger partial charge in [-0.25, -0.2) is 5.10 Å². The lowest BCUT2D eigenvalue weighted by Crippen LogP contribution is -2.60. The van der Waals surface area contributed by atoms with Crippen molar-refractivity contribution < 1.29 is 23.9 Å². The van der Waals surface area contributed by atoms with Gasteiger partial charge in [0.1, 0.15) is 5.41 Å². The summed E-state index contributed by atoms with van der Waals surface area (Å²) in [5.74, 6) is -1.35. The fourth-order valence-electron chi connectivity index (χ4n) is 4.80. The maximum absolute atomic E-state index is 14.2. The van der Waals surface area contributed by atoms with E-state index in [2.05, 4.69) is 10.2 Å². The number of hydrogen-bond acceptors (Lipinski definition) is 6. The summed E-state index contributed by atoms with van der Waals surface area (Å²) in [7, 11) is 0. The van der Waals surface area contributed by atoms with Gasteiger partial charge in [-0.2, -0.15) is 5.10 Å². The molecule has 0 saturated heterocycles. The van der Waals surface area contributed by atoms with Crippen LogP contribution in [0.25, 0.3) is 0 Å². The number of allylic oxidation sites excluding steroid dienone is 1. The summed E-state index contributed by atoms with van der Waals surface area (Å²) in [5.41, 5.74) is -1.68. The average Bonchev–Trinajstić information content (AvgIpc) is 3.38. The fourth-order valence-corrected chi connectivity index (χ4v) is 4.80. The highest BCUT2D eigenvalue weighted by molar-refractivity contribution is 6.04. The van der Waals surface area contributed by atoms with E-state index in [9.17, 15) is 14.4 Å². The van der Waals surface area contributed by atoms with Gasteiger partial charge in [0.05, 0.1) is 6.20 Å². The third-order valence-electron chi connectivity index (χ3n) is 6.40.